The summed E-state index contributed by atoms with van der Waals surface area (Å²) in [6.07, 6.45) is 1.67. The first-order valence-electron chi connectivity index (χ1n) is 7.05. The molecule has 2 aromatic carbocycles. The van der Waals surface area contributed by atoms with Crippen molar-refractivity contribution in [2.45, 2.75) is 25.8 Å². The van der Waals surface area contributed by atoms with Crippen LogP contribution < -0.4 is 10.6 Å². The van der Waals surface area contributed by atoms with Crippen molar-refractivity contribution in [2.24, 2.45) is 5.73 Å². The average Bonchev–Trinajstić information content (AvgIpc) is 2.47. The van der Waals surface area contributed by atoms with Gasteiger partial charge in [-0.3, -0.25) is 0 Å². The lowest BCUT2D eigenvalue weighted by Crippen LogP contribution is -2.23. The maximum absolute atomic E-state index is 13.1. The first-order valence-corrected chi connectivity index (χ1v) is 7.43. The van der Waals surface area contributed by atoms with E-state index in [1.54, 1.807) is 12.1 Å². The van der Waals surface area contributed by atoms with Crippen molar-refractivity contribution in [3.63, 3.8) is 0 Å². The molecular formula is C17H20ClFN2. The third-order valence-corrected chi connectivity index (χ3v) is 3.93. The van der Waals surface area contributed by atoms with Crippen molar-refractivity contribution in [1.82, 2.24) is 0 Å². The molecule has 0 saturated carbocycles. The van der Waals surface area contributed by atoms with E-state index >= 15 is 0 Å². The summed E-state index contributed by atoms with van der Waals surface area (Å²) in [6.45, 7) is 2.07. The Balaban J connectivity index is 2.39. The van der Waals surface area contributed by atoms with Crippen molar-refractivity contribution in [1.29, 1.82) is 0 Å². The molecule has 4 heteroatoms. The fourth-order valence-electron chi connectivity index (χ4n) is 2.32. The van der Waals surface area contributed by atoms with Crippen LogP contribution in [0.5, 0.6) is 0 Å². The summed E-state index contributed by atoms with van der Waals surface area (Å²) in [7, 11) is 1.93. The first-order chi connectivity index (χ1) is 10.0. The van der Waals surface area contributed by atoms with Crippen LogP contribution in [0.15, 0.2) is 42.5 Å². The Labute approximate surface area is 130 Å². The van der Waals surface area contributed by atoms with Gasteiger partial charge in [0.25, 0.3) is 0 Å². The van der Waals surface area contributed by atoms with Gasteiger partial charge in [0.05, 0.1) is 10.7 Å². The van der Waals surface area contributed by atoms with Gasteiger partial charge in [-0.05, 0) is 48.7 Å². The average molecular weight is 307 g/mol. The van der Waals surface area contributed by atoms with Crippen molar-refractivity contribution in [3.8, 4) is 0 Å². The summed E-state index contributed by atoms with van der Waals surface area (Å²) < 4.78 is 13.1. The number of hydrogen-bond acceptors (Lipinski definition) is 2. The van der Waals surface area contributed by atoms with E-state index in [2.05, 4.69) is 6.92 Å². The lowest BCUT2D eigenvalue weighted by atomic mass is 10.0. The smallest absolute Gasteiger partial charge is 0.123 e. The highest BCUT2D eigenvalue weighted by atomic mass is 35.5. The third-order valence-electron chi connectivity index (χ3n) is 3.63. The molecule has 0 heterocycles. The van der Waals surface area contributed by atoms with E-state index in [1.165, 1.54) is 12.1 Å². The zero-order valence-electron chi connectivity index (χ0n) is 12.3. The van der Waals surface area contributed by atoms with E-state index in [4.69, 9.17) is 17.3 Å². The monoisotopic (exact) mass is 306 g/mol. The molecule has 21 heavy (non-hydrogen) atoms. The Hall–Kier alpha value is -1.58. The second-order valence-corrected chi connectivity index (χ2v) is 5.56. The Morgan fingerprint density at radius 1 is 1.19 bits per heavy atom. The predicted octanol–water partition coefficient (Wildman–Crippen LogP) is 4.53. The van der Waals surface area contributed by atoms with E-state index in [9.17, 15) is 4.39 Å². The van der Waals surface area contributed by atoms with Crippen LogP contribution >= 0.6 is 11.6 Å². The van der Waals surface area contributed by atoms with Crippen LogP contribution in [0.3, 0.4) is 0 Å². The molecule has 1 atom stereocenters. The molecule has 0 bridgehead atoms. The van der Waals surface area contributed by atoms with E-state index in [0.29, 0.717) is 5.02 Å². The Bertz CT molecular complexity index is 598. The Kier molecular flexibility index (Phi) is 5.21. The minimum Gasteiger partial charge on any atom is -0.343 e. The van der Waals surface area contributed by atoms with Crippen molar-refractivity contribution < 1.29 is 4.39 Å². The molecule has 0 aromatic heterocycles. The van der Waals surface area contributed by atoms with Crippen LogP contribution in [0, 0.1) is 5.82 Å². The maximum Gasteiger partial charge on any atom is 0.123 e. The molecule has 112 valence electrons. The second kappa shape index (κ2) is 6.92. The van der Waals surface area contributed by atoms with Gasteiger partial charge in [-0.25, -0.2) is 4.39 Å². The minimum absolute atomic E-state index is 0.101. The number of para-hydroxylation sites is 1. The van der Waals surface area contributed by atoms with E-state index in [1.807, 2.05) is 30.1 Å². The zero-order chi connectivity index (χ0) is 15.4. The molecule has 0 aliphatic carbocycles. The molecule has 2 nitrogen and oxygen atoms in total. The van der Waals surface area contributed by atoms with Gasteiger partial charge in [0.1, 0.15) is 5.82 Å². The molecule has 1 unspecified atom stereocenters. The van der Waals surface area contributed by atoms with Gasteiger partial charge in [-0.1, -0.05) is 30.7 Å². The summed E-state index contributed by atoms with van der Waals surface area (Å²) in [5.74, 6) is -0.250. The normalized spacial score (nSPS) is 12.2. The Morgan fingerprint density at radius 3 is 2.48 bits per heavy atom. The summed E-state index contributed by atoms with van der Waals surface area (Å²) in [5.41, 5.74) is 8.98. The van der Waals surface area contributed by atoms with Crippen LogP contribution in [-0.4, -0.2) is 13.1 Å². The molecule has 2 rings (SSSR count). The summed E-state index contributed by atoms with van der Waals surface area (Å²) >= 11 is 6.38. The number of anilines is 2. The fourth-order valence-corrected chi connectivity index (χ4v) is 2.64. The van der Waals surface area contributed by atoms with Crippen molar-refractivity contribution in [3.05, 3.63) is 58.9 Å². The first kappa shape index (κ1) is 15.8. The number of halogens is 2. The van der Waals surface area contributed by atoms with Crippen LogP contribution in [0.25, 0.3) is 0 Å². The molecule has 0 saturated heterocycles. The van der Waals surface area contributed by atoms with E-state index in [0.717, 1.165) is 29.8 Å². The SMILES string of the molecule is CCC(N)Cc1cccc(Cl)c1N(C)c1ccc(F)cc1. The van der Waals surface area contributed by atoms with Gasteiger partial charge in [-0.15, -0.1) is 0 Å². The van der Waals surface area contributed by atoms with E-state index < -0.39 is 0 Å². The highest BCUT2D eigenvalue weighted by molar-refractivity contribution is 6.33. The lowest BCUT2D eigenvalue weighted by molar-refractivity contribution is 0.628. The molecule has 0 fully saturated rings. The largest absolute Gasteiger partial charge is 0.343 e. The molecule has 0 spiro atoms. The number of benzene rings is 2. The number of nitrogens with zero attached hydrogens (tertiary/aromatic N) is 1. The van der Waals surface area contributed by atoms with Gasteiger partial charge >= 0.3 is 0 Å². The highest BCUT2D eigenvalue weighted by Crippen LogP contribution is 2.34. The lowest BCUT2D eigenvalue weighted by Gasteiger charge is -2.25. The molecule has 0 amide bonds. The van der Waals surface area contributed by atoms with Crippen LogP contribution in [-0.2, 0) is 6.42 Å². The summed E-state index contributed by atoms with van der Waals surface area (Å²) in [6, 6.07) is 12.3. The summed E-state index contributed by atoms with van der Waals surface area (Å²) in [5, 5.41) is 0.669. The molecule has 2 N–H and O–H groups in total. The minimum atomic E-state index is -0.250. The van der Waals surface area contributed by atoms with Gasteiger partial charge in [0, 0.05) is 18.8 Å². The highest BCUT2D eigenvalue weighted by Gasteiger charge is 2.15. The van der Waals surface area contributed by atoms with Gasteiger partial charge in [-0.2, -0.15) is 0 Å². The second-order valence-electron chi connectivity index (χ2n) is 5.16. The van der Waals surface area contributed by atoms with Gasteiger partial charge in [0.15, 0.2) is 0 Å². The van der Waals surface area contributed by atoms with Crippen molar-refractivity contribution >= 4 is 23.0 Å². The molecule has 0 aliphatic heterocycles. The predicted molar refractivity (Wildman–Crippen MR) is 87.9 cm³/mol. The molecule has 0 aliphatic rings. The topological polar surface area (TPSA) is 29.3 Å². The van der Waals surface area contributed by atoms with E-state index in [-0.39, 0.29) is 11.9 Å². The number of nitrogens with two attached hydrogens (primary N) is 1. The number of hydrogen-bond donors (Lipinski definition) is 1. The third kappa shape index (κ3) is 3.74. The van der Waals surface area contributed by atoms with Crippen LogP contribution in [0.1, 0.15) is 18.9 Å². The Morgan fingerprint density at radius 2 is 1.86 bits per heavy atom. The standard InChI is InChI=1S/C17H20ClFN2/c1-3-14(20)11-12-5-4-6-16(18)17(12)21(2)15-9-7-13(19)8-10-15/h4-10,14H,3,11,20H2,1-2H3. The zero-order valence-corrected chi connectivity index (χ0v) is 13.1. The van der Waals surface area contributed by atoms with Crippen LogP contribution in [0.4, 0.5) is 15.8 Å². The fraction of sp³-hybridized carbons (Fsp3) is 0.294. The van der Waals surface area contributed by atoms with Gasteiger partial charge in [0.2, 0.25) is 0 Å². The maximum atomic E-state index is 13.1. The van der Waals surface area contributed by atoms with Crippen LogP contribution in [0.2, 0.25) is 5.02 Å². The van der Waals surface area contributed by atoms with Crippen molar-refractivity contribution in [2.75, 3.05) is 11.9 Å². The molecule has 0 radical (unpaired) electrons. The van der Waals surface area contributed by atoms with Gasteiger partial charge < -0.3 is 10.6 Å². The number of rotatable bonds is 5. The summed E-state index contributed by atoms with van der Waals surface area (Å²) in [4.78, 5) is 1.97. The molecular weight excluding hydrogens is 287 g/mol. The quantitative estimate of drug-likeness (QED) is 0.879. The molecule has 2 aromatic rings.